The molecule has 0 saturated carbocycles. The zero-order valence-corrected chi connectivity index (χ0v) is 20.6. The van der Waals surface area contributed by atoms with Gasteiger partial charge >= 0.3 is 0 Å². The Hall–Kier alpha value is 0.110. The molecule has 2 unspecified atom stereocenters. The number of hydrogen-bond acceptors (Lipinski definition) is 2. The van der Waals surface area contributed by atoms with Gasteiger partial charge in [-0.1, -0.05) is 116 Å². The molecule has 0 radical (unpaired) electrons. The van der Waals surface area contributed by atoms with Crippen LogP contribution in [0.15, 0.2) is 0 Å². The van der Waals surface area contributed by atoms with Crippen LogP contribution in [0.5, 0.6) is 0 Å². The minimum atomic E-state index is -0.643. The standard InChI is InChI=1S/C26H52O2S/c1-2-3-4-19-23-28-26-21-18-16-14-12-10-8-6-5-7-9-11-13-15-17-20-24-29(27)25-22-26/h26H,2-25H2,1H3. The maximum absolute atomic E-state index is 12.4. The van der Waals surface area contributed by atoms with Gasteiger partial charge in [-0.3, -0.25) is 4.21 Å². The summed E-state index contributed by atoms with van der Waals surface area (Å²) in [6, 6.07) is 0. The van der Waals surface area contributed by atoms with E-state index in [-0.39, 0.29) is 0 Å². The van der Waals surface area contributed by atoms with Gasteiger partial charge < -0.3 is 4.74 Å². The molecule has 1 fully saturated rings. The summed E-state index contributed by atoms with van der Waals surface area (Å²) < 4.78 is 18.6. The molecule has 3 heteroatoms. The Labute approximate surface area is 185 Å². The lowest BCUT2D eigenvalue weighted by molar-refractivity contribution is 0.0413. The van der Waals surface area contributed by atoms with E-state index >= 15 is 0 Å². The van der Waals surface area contributed by atoms with E-state index in [0.29, 0.717) is 6.10 Å². The van der Waals surface area contributed by atoms with Gasteiger partial charge in [0.25, 0.3) is 0 Å². The smallest absolute Gasteiger partial charge is 0.0583 e. The van der Waals surface area contributed by atoms with Crippen LogP contribution in [0.3, 0.4) is 0 Å². The third-order valence-corrected chi connectivity index (χ3v) is 7.85. The zero-order valence-electron chi connectivity index (χ0n) is 19.8. The molecule has 1 heterocycles. The molecule has 1 aliphatic heterocycles. The number of unbranched alkanes of at least 4 members (excludes halogenated alkanes) is 3. The maximum atomic E-state index is 12.4. The van der Waals surface area contributed by atoms with Crippen LogP contribution >= 0.6 is 0 Å². The predicted octanol–water partition coefficient (Wildman–Crippen LogP) is 8.35. The molecule has 1 saturated heterocycles. The highest BCUT2D eigenvalue weighted by Crippen LogP contribution is 2.17. The van der Waals surface area contributed by atoms with Crippen molar-refractivity contribution < 1.29 is 8.95 Å². The van der Waals surface area contributed by atoms with E-state index in [9.17, 15) is 4.21 Å². The summed E-state index contributed by atoms with van der Waals surface area (Å²) in [6.45, 7) is 3.16. The van der Waals surface area contributed by atoms with E-state index in [1.165, 1.54) is 122 Å². The third kappa shape index (κ3) is 18.6. The lowest BCUT2D eigenvalue weighted by Crippen LogP contribution is -2.18. The van der Waals surface area contributed by atoms with Gasteiger partial charge in [0, 0.05) is 28.9 Å². The Balaban J connectivity index is 2.32. The van der Waals surface area contributed by atoms with Crippen molar-refractivity contribution in [3.8, 4) is 0 Å². The molecule has 0 aromatic heterocycles. The van der Waals surface area contributed by atoms with Gasteiger partial charge in [-0.05, 0) is 25.7 Å². The second kappa shape index (κ2) is 21.3. The van der Waals surface area contributed by atoms with Crippen molar-refractivity contribution in [3.63, 3.8) is 0 Å². The normalized spacial score (nSPS) is 25.8. The van der Waals surface area contributed by atoms with E-state index in [0.717, 1.165) is 31.0 Å². The van der Waals surface area contributed by atoms with Crippen molar-refractivity contribution in [3.05, 3.63) is 0 Å². The fourth-order valence-electron chi connectivity index (χ4n) is 4.39. The first-order valence-corrected chi connectivity index (χ1v) is 14.8. The minimum Gasteiger partial charge on any atom is -0.378 e. The zero-order chi connectivity index (χ0) is 20.8. The van der Waals surface area contributed by atoms with Gasteiger partial charge in [0.05, 0.1) is 6.10 Å². The molecule has 0 N–H and O–H groups in total. The highest BCUT2D eigenvalue weighted by Gasteiger charge is 2.11. The predicted molar refractivity (Wildman–Crippen MR) is 130 cm³/mol. The molecular formula is C26H52O2S. The van der Waals surface area contributed by atoms with Crippen molar-refractivity contribution >= 4 is 10.8 Å². The minimum absolute atomic E-state index is 0.342. The summed E-state index contributed by atoms with van der Waals surface area (Å²) in [5, 5.41) is 0. The Morgan fingerprint density at radius 1 is 0.621 bits per heavy atom. The molecule has 0 aromatic rings. The van der Waals surface area contributed by atoms with Gasteiger partial charge in [-0.15, -0.1) is 0 Å². The Bertz CT molecular complexity index is 359. The van der Waals surface area contributed by atoms with Crippen LogP contribution in [0.1, 0.15) is 142 Å². The van der Waals surface area contributed by atoms with Gasteiger partial charge in [0.2, 0.25) is 0 Å². The van der Waals surface area contributed by atoms with Crippen molar-refractivity contribution in [2.24, 2.45) is 0 Å². The molecule has 0 spiro atoms. The average molecular weight is 429 g/mol. The summed E-state index contributed by atoms with van der Waals surface area (Å²) in [5.41, 5.74) is 0. The molecule has 29 heavy (non-hydrogen) atoms. The van der Waals surface area contributed by atoms with Crippen molar-refractivity contribution in [2.45, 2.75) is 148 Å². The molecular weight excluding hydrogens is 376 g/mol. The monoisotopic (exact) mass is 428 g/mol. The van der Waals surface area contributed by atoms with Crippen LogP contribution < -0.4 is 0 Å². The first-order chi connectivity index (χ1) is 14.3. The molecule has 2 atom stereocenters. The van der Waals surface area contributed by atoms with Crippen LogP contribution in [0.4, 0.5) is 0 Å². The van der Waals surface area contributed by atoms with Gasteiger partial charge in [0.15, 0.2) is 0 Å². The highest BCUT2D eigenvalue weighted by atomic mass is 32.2. The lowest BCUT2D eigenvalue weighted by atomic mass is 10.0. The Morgan fingerprint density at radius 2 is 1.14 bits per heavy atom. The van der Waals surface area contributed by atoms with Gasteiger partial charge in [-0.2, -0.15) is 0 Å². The second-order valence-corrected chi connectivity index (χ2v) is 11.0. The van der Waals surface area contributed by atoms with E-state index in [4.69, 9.17) is 4.74 Å². The molecule has 1 aliphatic rings. The van der Waals surface area contributed by atoms with Crippen LogP contribution in [0.25, 0.3) is 0 Å². The van der Waals surface area contributed by atoms with Crippen LogP contribution in [-0.2, 0) is 15.5 Å². The average Bonchev–Trinajstić information content (AvgIpc) is 2.72. The molecule has 0 amide bonds. The van der Waals surface area contributed by atoms with Crippen molar-refractivity contribution in [2.75, 3.05) is 18.1 Å². The molecule has 0 aromatic carbocycles. The number of hydrogen-bond donors (Lipinski definition) is 0. The fraction of sp³-hybridized carbons (Fsp3) is 1.00. The molecule has 2 nitrogen and oxygen atoms in total. The molecule has 0 bridgehead atoms. The van der Waals surface area contributed by atoms with Crippen molar-refractivity contribution in [1.82, 2.24) is 0 Å². The molecule has 0 aliphatic carbocycles. The SMILES string of the molecule is CCCCCCOC1CCCCCCCCCCCCCCCCCS(=O)CC1. The van der Waals surface area contributed by atoms with Crippen LogP contribution in [0, 0.1) is 0 Å². The molecule has 174 valence electrons. The highest BCUT2D eigenvalue weighted by molar-refractivity contribution is 7.84. The topological polar surface area (TPSA) is 26.3 Å². The lowest BCUT2D eigenvalue weighted by Gasteiger charge is -2.18. The van der Waals surface area contributed by atoms with E-state index in [2.05, 4.69) is 6.92 Å². The second-order valence-electron chi connectivity index (χ2n) is 9.28. The summed E-state index contributed by atoms with van der Waals surface area (Å²) in [6.07, 6.45) is 28.1. The summed E-state index contributed by atoms with van der Waals surface area (Å²) in [7, 11) is -0.643. The number of ether oxygens (including phenoxy) is 1. The van der Waals surface area contributed by atoms with E-state index in [1.807, 2.05) is 0 Å². The Kier molecular flexibility index (Phi) is 20.0. The first-order valence-electron chi connectivity index (χ1n) is 13.3. The Morgan fingerprint density at radius 3 is 1.69 bits per heavy atom. The van der Waals surface area contributed by atoms with Gasteiger partial charge in [0.1, 0.15) is 0 Å². The first kappa shape index (κ1) is 27.1. The molecule has 1 rings (SSSR count). The fourth-order valence-corrected chi connectivity index (χ4v) is 5.64. The third-order valence-electron chi connectivity index (χ3n) is 6.42. The van der Waals surface area contributed by atoms with E-state index < -0.39 is 10.8 Å². The summed E-state index contributed by atoms with van der Waals surface area (Å²) >= 11 is 0. The van der Waals surface area contributed by atoms with E-state index in [1.54, 1.807) is 0 Å². The van der Waals surface area contributed by atoms with Crippen molar-refractivity contribution in [1.29, 1.82) is 0 Å². The maximum Gasteiger partial charge on any atom is 0.0583 e. The number of rotatable bonds is 6. The summed E-state index contributed by atoms with van der Waals surface area (Å²) in [5.74, 6) is 1.75. The summed E-state index contributed by atoms with van der Waals surface area (Å²) in [4.78, 5) is 0. The largest absolute Gasteiger partial charge is 0.378 e. The quantitative estimate of drug-likeness (QED) is 0.397. The van der Waals surface area contributed by atoms with Crippen LogP contribution in [0.2, 0.25) is 0 Å². The van der Waals surface area contributed by atoms with Gasteiger partial charge in [-0.25, -0.2) is 0 Å². The van der Waals surface area contributed by atoms with Crippen LogP contribution in [-0.4, -0.2) is 28.4 Å².